The average molecular weight is 339 g/mol. The fraction of sp³-hybridized carbons (Fsp3) is 0.0714. The number of ketones is 2. The Hall–Kier alpha value is -1.69. The standard InChI is InChI=1S/C14H8Cl2N2O2S/c15-13-5-8(14(16)21-13)11(19)6-12(20)9-7-17-18-4-2-1-3-10(9)18/h1-5,7H,6H2. The molecule has 0 amide bonds. The van der Waals surface area contributed by atoms with Crippen LogP contribution in [0.2, 0.25) is 8.67 Å². The number of thiophene rings is 1. The third kappa shape index (κ3) is 2.72. The Morgan fingerprint density at radius 1 is 1.19 bits per heavy atom. The van der Waals surface area contributed by atoms with Crippen molar-refractivity contribution >= 4 is 51.6 Å². The fourth-order valence-electron chi connectivity index (χ4n) is 2.02. The predicted octanol–water partition coefficient (Wildman–Crippen LogP) is 4.16. The lowest BCUT2D eigenvalue weighted by Crippen LogP contribution is -2.08. The number of halogens is 2. The monoisotopic (exact) mass is 338 g/mol. The van der Waals surface area contributed by atoms with Gasteiger partial charge < -0.3 is 0 Å². The van der Waals surface area contributed by atoms with Crippen LogP contribution in [0.15, 0.2) is 36.7 Å². The maximum absolute atomic E-state index is 12.3. The molecule has 3 rings (SSSR count). The van der Waals surface area contributed by atoms with Gasteiger partial charge >= 0.3 is 0 Å². The van der Waals surface area contributed by atoms with E-state index in [2.05, 4.69) is 5.10 Å². The van der Waals surface area contributed by atoms with E-state index in [9.17, 15) is 9.59 Å². The number of carbonyl (C=O) groups excluding carboxylic acids is 2. The third-order valence-electron chi connectivity index (χ3n) is 3.01. The molecule has 0 N–H and O–H groups in total. The highest BCUT2D eigenvalue weighted by Gasteiger charge is 2.20. The maximum atomic E-state index is 12.3. The predicted molar refractivity (Wildman–Crippen MR) is 82.8 cm³/mol. The van der Waals surface area contributed by atoms with Crippen molar-refractivity contribution in [1.82, 2.24) is 9.61 Å². The van der Waals surface area contributed by atoms with Crippen LogP contribution in [0.4, 0.5) is 0 Å². The summed E-state index contributed by atoms with van der Waals surface area (Å²) in [6, 6.07) is 6.89. The highest BCUT2D eigenvalue weighted by molar-refractivity contribution is 7.20. The molecule has 0 saturated carbocycles. The first-order valence-corrected chi connectivity index (χ1v) is 7.57. The van der Waals surface area contributed by atoms with Gasteiger partial charge in [0.15, 0.2) is 11.6 Å². The van der Waals surface area contributed by atoms with Crippen LogP contribution in [0, 0.1) is 0 Å². The molecular weight excluding hydrogens is 331 g/mol. The molecule has 0 aliphatic rings. The Bertz CT molecular complexity index is 854. The van der Waals surface area contributed by atoms with Gasteiger partial charge in [0.1, 0.15) is 4.34 Å². The van der Waals surface area contributed by atoms with Crippen LogP contribution in [0.5, 0.6) is 0 Å². The second-order valence-electron chi connectivity index (χ2n) is 4.35. The molecule has 3 aromatic rings. The van der Waals surface area contributed by atoms with Gasteiger partial charge in [0, 0.05) is 11.8 Å². The molecule has 4 nitrogen and oxygen atoms in total. The van der Waals surface area contributed by atoms with E-state index < -0.39 is 0 Å². The number of hydrogen-bond acceptors (Lipinski definition) is 4. The molecule has 0 fully saturated rings. The highest BCUT2D eigenvalue weighted by Crippen LogP contribution is 2.32. The summed E-state index contributed by atoms with van der Waals surface area (Å²) in [7, 11) is 0. The second-order valence-corrected chi connectivity index (χ2v) is 6.64. The SMILES string of the molecule is O=C(CC(=O)c1cnn2ccccc12)c1cc(Cl)sc1Cl. The topological polar surface area (TPSA) is 51.4 Å². The zero-order chi connectivity index (χ0) is 15.0. The molecule has 3 aromatic heterocycles. The number of carbonyl (C=O) groups is 2. The van der Waals surface area contributed by atoms with E-state index in [1.165, 1.54) is 12.3 Å². The van der Waals surface area contributed by atoms with Gasteiger partial charge in [0.2, 0.25) is 0 Å². The van der Waals surface area contributed by atoms with Gasteiger partial charge in [-0.05, 0) is 18.2 Å². The summed E-state index contributed by atoms with van der Waals surface area (Å²) in [4.78, 5) is 24.4. The zero-order valence-corrected chi connectivity index (χ0v) is 12.9. The molecule has 0 aliphatic heterocycles. The summed E-state index contributed by atoms with van der Waals surface area (Å²) in [5, 5.41) is 4.08. The Morgan fingerprint density at radius 3 is 2.67 bits per heavy atom. The van der Waals surface area contributed by atoms with Crippen molar-refractivity contribution in [3.05, 3.63) is 56.5 Å². The highest BCUT2D eigenvalue weighted by atomic mass is 35.5. The summed E-state index contributed by atoms with van der Waals surface area (Å²) in [6.07, 6.45) is 2.94. The fourth-order valence-corrected chi connectivity index (χ4v) is 3.52. The number of rotatable bonds is 4. The summed E-state index contributed by atoms with van der Waals surface area (Å²) in [5.41, 5.74) is 1.38. The molecule has 106 valence electrons. The first-order chi connectivity index (χ1) is 10.1. The number of nitrogens with zero attached hydrogens (tertiary/aromatic N) is 2. The summed E-state index contributed by atoms with van der Waals surface area (Å²) in [5.74, 6) is -0.636. The van der Waals surface area contributed by atoms with Crippen LogP contribution in [0.25, 0.3) is 5.52 Å². The average Bonchev–Trinajstić information content (AvgIpc) is 3.01. The molecule has 0 aliphatic carbocycles. The minimum absolute atomic E-state index is 0.261. The zero-order valence-electron chi connectivity index (χ0n) is 10.5. The molecule has 0 unspecified atom stereocenters. The molecular formula is C14H8Cl2N2O2S. The van der Waals surface area contributed by atoms with E-state index in [4.69, 9.17) is 23.2 Å². The van der Waals surface area contributed by atoms with Gasteiger partial charge in [0.05, 0.1) is 28.0 Å². The van der Waals surface area contributed by atoms with E-state index in [1.54, 1.807) is 16.8 Å². The van der Waals surface area contributed by atoms with Crippen molar-refractivity contribution in [3.8, 4) is 0 Å². The third-order valence-corrected chi connectivity index (χ3v) is 4.49. The summed E-state index contributed by atoms with van der Waals surface area (Å²) in [6.45, 7) is 0. The number of aromatic nitrogens is 2. The Morgan fingerprint density at radius 2 is 1.95 bits per heavy atom. The van der Waals surface area contributed by atoms with Crippen LogP contribution >= 0.6 is 34.5 Å². The minimum atomic E-state index is -0.344. The van der Waals surface area contributed by atoms with Gasteiger partial charge in [-0.1, -0.05) is 29.3 Å². The molecule has 0 bridgehead atoms. The smallest absolute Gasteiger partial charge is 0.174 e. The molecule has 0 atom stereocenters. The molecule has 21 heavy (non-hydrogen) atoms. The quantitative estimate of drug-likeness (QED) is 0.530. The number of Topliss-reactive ketones (excluding diaryl/α,β-unsaturated/α-hetero) is 2. The molecule has 0 aromatic carbocycles. The van der Waals surface area contributed by atoms with Crippen LogP contribution in [-0.4, -0.2) is 21.2 Å². The summed E-state index contributed by atoms with van der Waals surface area (Å²) >= 11 is 12.8. The first kappa shape index (κ1) is 14.3. The van der Waals surface area contributed by atoms with Crippen molar-refractivity contribution < 1.29 is 9.59 Å². The number of fused-ring (bicyclic) bond motifs is 1. The van der Waals surface area contributed by atoms with E-state index >= 15 is 0 Å². The lowest BCUT2D eigenvalue weighted by Gasteiger charge is -1.99. The van der Waals surface area contributed by atoms with Crippen molar-refractivity contribution in [2.24, 2.45) is 0 Å². The molecule has 7 heteroatoms. The van der Waals surface area contributed by atoms with Crippen LogP contribution in [0.1, 0.15) is 27.1 Å². The summed E-state index contributed by atoms with van der Waals surface area (Å²) < 4.78 is 2.32. The minimum Gasteiger partial charge on any atom is -0.294 e. The Balaban J connectivity index is 1.86. The van der Waals surface area contributed by atoms with E-state index in [1.807, 2.05) is 12.1 Å². The van der Waals surface area contributed by atoms with Crippen LogP contribution in [-0.2, 0) is 0 Å². The van der Waals surface area contributed by atoms with Crippen LogP contribution < -0.4 is 0 Å². The number of hydrogen-bond donors (Lipinski definition) is 0. The lowest BCUT2D eigenvalue weighted by atomic mass is 10.0. The van der Waals surface area contributed by atoms with Crippen molar-refractivity contribution in [1.29, 1.82) is 0 Å². The lowest BCUT2D eigenvalue weighted by molar-refractivity contribution is 0.0895. The Kier molecular flexibility index (Phi) is 3.80. The van der Waals surface area contributed by atoms with E-state index in [0.717, 1.165) is 11.3 Å². The normalized spacial score (nSPS) is 11.0. The first-order valence-electron chi connectivity index (χ1n) is 6.00. The van der Waals surface area contributed by atoms with Gasteiger partial charge in [-0.15, -0.1) is 11.3 Å². The largest absolute Gasteiger partial charge is 0.294 e. The van der Waals surface area contributed by atoms with Gasteiger partial charge in [-0.25, -0.2) is 4.52 Å². The second kappa shape index (κ2) is 5.60. The molecule has 3 heterocycles. The van der Waals surface area contributed by atoms with E-state index in [0.29, 0.717) is 19.8 Å². The Labute approximate surface area is 133 Å². The molecule has 0 spiro atoms. The van der Waals surface area contributed by atoms with Gasteiger partial charge in [-0.2, -0.15) is 5.10 Å². The maximum Gasteiger partial charge on any atom is 0.174 e. The molecule has 0 radical (unpaired) electrons. The molecule has 0 saturated heterocycles. The van der Waals surface area contributed by atoms with E-state index in [-0.39, 0.29) is 23.6 Å². The van der Waals surface area contributed by atoms with Crippen molar-refractivity contribution in [2.75, 3.05) is 0 Å². The van der Waals surface area contributed by atoms with Crippen molar-refractivity contribution in [2.45, 2.75) is 6.42 Å². The number of pyridine rings is 1. The van der Waals surface area contributed by atoms with Crippen LogP contribution in [0.3, 0.4) is 0 Å². The van der Waals surface area contributed by atoms with Gasteiger partial charge in [-0.3, -0.25) is 9.59 Å². The van der Waals surface area contributed by atoms with Gasteiger partial charge in [0.25, 0.3) is 0 Å². The van der Waals surface area contributed by atoms with Crippen molar-refractivity contribution in [3.63, 3.8) is 0 Å².